The zero-order chi connectivity index (χ0) is 19.8. The van der Waals surface area contributed by atoms with Crippen LogP contribution in [0.3, 0.4) is 0 Å². The lowest BCUT2D eigenvalue weighted by Crippen LogP contribution is -2.30. The number of halogens is 3. The van der Waals surface area contributed by atoms with E-state index in [1.807, 2.05) is 4.90 Å². The van der Waals surface area contributed by atoms with Crippen molar-refractivity contribution in [1.29, 1.82) is 0 Å². The maximum Gasteiger partial charge on any atom is 0.416 e. The Morgan fingerprint density at radius 2 is 1.81 bits per heavy atom. The fourth-order valence-electron chi connectivity index (χ4n) is 3.26. The lowest BCUT2D eigenvalue weighted by atomic mass is 10.1. The van der Waals surface area contributed by atoms with Gasteiger partial charge in [0.05, 0.1) is 16.9 Å². The fraction of sp³-hybridized carbons (Fsp3) is 0.471. The van der Waals surface area contributed by atoms with Crippen LogP contribution in [0.25, 0.3) is 0 Å². The minimum Gasteiger partial charge on any atom is -0.370 e. The summed E-state index contributed by atoms with van der Waals surface area (Å²) in [4.78, 5) is 1.74. The first-order valence-corrected chi connectivity index (χ1v) is 10.00. The van der Waals surface area contributed by atoms with Crippen molar-refractivity contribution >= 4 is 21.4 Å². The number of benzene rings is 1. The highest BCUT2D eigenvalue weighted by Crippen LogP contribution is 2.37. The van der Waals surface area contributed by atoms with Gasteiger partial charge in [-0.15, -0.1) is 0 Å². The average Bonchev–Trinajstić information content (AvgIpc) is 2.94. The fourth-order valence-corrected chi connectivity index (χ4v) is 4.66. The Morgan fingerprint density at radius 1 is 1.15 bits per heavy atom. The van der Waals surface area contributed by atoms with Gasteiger partial charge in [0.2, 0.25) is 0 Å². The van der Waals surface area contributed by atoms with E-state index in [4.69, 9.17) is 4.52 Å². The Bertz CT molecular complexity index is 913. The highest BCUT2D eigenvalue weighted by molar-refractivity contribution is 7.92. The molecule has 0 unspecified atom stereocenters. The first kappa shape index (κ1) is 19.5. The van der Waals surface area contributed by atoms with E-state index in [-0.39, 0.29) is 22.0 Å². The second-order valence-corrected chi connectivity index (χ2v) is 8.16. The third-order valence-electron chi connectivity index (χ3n) is 4.50. The molecule has 0 atom stereocenters. The molecule has 0 bridgehead atoms. The van der Waals surface area contributed by atoms with Crippen molar-refractivity contribution in [2.24, 2.45) is 0 Å². The van der Waals surface area contributed by atoms with E-state index in [1.54, 1.807) is 0 Å². The second kappa shape index (κ2) is 7.06. The normalized spacial score (nSPS) is 15.8. The maximum absolute atomic E-state index is 13.2. The quantitative estimate of drug-likeness (QED) is 0.832. The van der Waals surface area contributed by atoms with Crippen LogP contribution in [-0.4, -0.2) is 26.7 Å². The molecule has 148 valence electrons. The molecule has 1 N–H and O–H groups in total. The van der Waals surface area contributed by atoms with E-state index in [9.17, 15) is 21.6 Å². The molecule has 27 heavy (non-hydrogen) atoms. The second-order valence-electron chi connectivity index (χ2n) is 6.54. The molecular formula is C17H20F3N3O3S. The zero-order valence-electron chi connectivity index (χ0n) is 14.9. The predicted octanol–water partition coefficient (Wildman–Crippen LogP) is 4.10. The third-order valence-corrected chi connectivity index (χ3v) is 6.11. The van der Waals surface area contributed by atoms with Gasteiger partial charge < -0.3 is 9.42 Å². The Morgan fingerprint density at radius 3 is 2.37 bits per heavy atom. The van der Waals surface area contributed by atoms with Gasteiger partial charge in [-0.3, -0.25) is 4.72 Å². The summed E-state index contributed by atoms with van der Waals surface area (Å²) in [6.07, 6.45) is -1.74. The molecule has 1 aliphatic heterocycles. The maximum atomic E-state index is 13.2. The van der Waals surface area contributed by atoms with Gasteiger partial charge in [-0.1, -0.05) is 5.16 Å². The summed E-state index contributed by atoms with van der Waals surface area (Å²) in [6.45, 7) is 4.21. The Labute approximate surface area is 155 Å². The molecule has 0 aliphatic carbocycles. The average molecular weight is 403 g/mol. The molecule has 1 fully saturated rings. The number of anilines is 2. The minimum absolute atomic E-state index is 0.0755. The number of aromatic nitrogens is 1. The Hall–Kier alpha value is -2.23. The van der Waals surface area contributed by atoms with Crippen LogP contribution in [0.5, 0.6) is 0 Å². The van der Waals surface area contributed by atoms with Gasteiger partial charge in [-0.2, -0.15) is 13.2 Å². The molecule has 1 saturated heterocycles. The van der Waals surface area contributed by atoms with Crippen molar-refractivity contribution in [3.63, 3.8) is 0 Å². The van der Waals surface area contributed by atoms with Crippen molar-refractivity contribution < 1.29 is 26.1 Å². The molecule has 1 aromatic heterocycles. The van der Waals surface area contributed by atoms with Gasteiger partial charge in [-0.25, -0.2) is 8.42 Å². The summed E-state index contributed by atoms with van der Waals surface area (Å²) in [5.74, 6) is 0.0755. The number of sulfonamides is 1. The van der Waals surface area contributed by atoms with Gasteiger partial charge in [0.15, 0.2) is 10.7 Å². The van der Waals surface area contributed by atoms with Crippen LogP contribution < -0.4 is 9.62 Å². The van der Waals surface area contributed by atoms with Crippen molar-refractivity contribution in [3.05, 3.63) is 35.2 Å². The van der Waals surface area contributed by atoms with Crippen LogP contribution in [0.15, 0.2) is 27.6 Å². The number of alkyl halides is 3. The number of nitrogens with zero attached hydrogens (tertiary/aromatic N) is 2. The molecule has 1 aromatic carbocycles. The van der Waals surface area contributed by atoms with Crippen LogP contribution >= 0.6 is 0 Å². The van der Waals surface area contributed by atoms with Crippen LogP contribution in [-0.2, 0) is 16.2 Å². The smallest absolute Gasteiger partial charge is 0.370 e. The molecule has 0 radical (unpaired) electrons. The summed E-state index contributed by atoms with van der Waals surface area (Å²) in [7, 11) is -4.16. The number of aryl methyl sites for hydroxylation is 2. The highest BCUT2D eigenvalue weighted by Gasteiger charge is 2.33. The number of hydrogen-bond donors (Lipinski definition) is 1. The van der Waals surface area contributed by atoms with Crippen LogP contribution in [0.2, 0.25) is 0 Å². The van der Waals surface area contributed by atoms with Crippen molar-refractivity contribution in [2.75, 3.05) is 22.7 Å². The number of nitrogens with one attached hydrogen (secondary N) is 1. The molecule has 1 aliphatic rings. The van der Waals surface area contributed by atoms with Gasteiger partial charge in [0.1, 0.15) is 5.69 Å². The molecule has 0 amide bonds. The largest absolute Gasteiger partial charge is 0.416 e. The van der Waals surface area contributed by atoms with Crippen LogP contribution in [0, 0.1) is 13.8 Å². The molecule has 2 heterocycles. The van der Waals surface area contributed by atoms with Gasteiger partial charge in [-0.05, 0) is 51.3 Å². The minimum atomic E-state index is -4.58. The standard InChI is InChI=1S/C17H20F3N3O3S/c1-11-16(12(2)26-21-11)27(24,25)22-14-10-13(17(18,19)20)6-7-15(14)23-8-4-3-5-9-23/h6-7,10,22H,3-5,8-9H2,1-2H3. The summed E-state index contributed by atoms with van der Waals surface area (Å²) in [5.41, 5.74) is -0.448. The van der Waals surface area contributed by atoms with Gasteiger partial charge in [0, 0.05) is 13.1 Å². The Kier molecular flexibility index (Phi) is 5.11. The number of piperidine rings is 1. The summed E-state index contributed by atoms with van der Waals surface area (Å²) in [5, 5.41) is 3.61. The van der Waals surface area contributed by atoms with Crippen molar-refractivity contribution in [1.82, 2.24) is 5.16 Å². The first-order chi connectivity index (χ1) is 12.6. The summed E-state index contributed by atoms with van der Waals surface area (Å²) < 4.78 is 72.3. The SMILES string of the molecule is Cc1noc(C)c1S(=O)(=O)Nc1cc(C(F)(F)F)ccc1N1CCCCC1. The first-order valence-electron chi connectivity index (χ1n) is 8.51. The topological polar surface area (TPSA) is 75.4 Å². The lowest BCUT2D eigenvalue weighted by molar-refractivity contribution is -0.137. The van der Waals surface area contributed by atoms with Crippen molar-refractivity contribution in [3.8, 4) is 0 Å². The molecule has 0 saturated carbocycles. The van der Waals surface area contributed by atoms with E-state index < -0.39 is 21.8 Å². The van der Waals surface area contributed by atoms with E-state index in [0.29, 0.717) is 18.8 Å². The van der Waals surface area contributed by atoms with E-state index >= 15 is 0 Å². The highest BCUT2D eigenvalue weighted by atomic mass is 32.2. The molecule has 6 nitrogen and oxygen atoms in total. The third kappa shape index (κ3) is 4.05. The monoisotopic (exact) mass is 403 g/mol. The lowest BCUT2D eigenvalue weighted by Gasteiger charge is -2.31. The van der Waals surface area contributed by atoms with Gasteiger partial charge >= 0.3 is 6.18 Å². The molecule has 3 rings (SSSR count). The van der Waals surface area contributed by atoms with Gasteiger partial charge in [0.25, 0.3) is 10.0 Å². The summed E-state index contributed by atoms with van der Waals surface area (Å²) >= 11 is 0. The predicted molar refractivity (Wildman–Crippen MR) is 94.3 cm³/mol. The molecule has 2 aromatic rings. The zero-order valence-corrected chi connectivity index (χ0v) is 15.7. The molecule has 0 spiro atoms. The number of hydrogen-bond acceptors (Lipinski definition) is 5. The number of rotatable bonds is 4. The van der Waals surface area contributed by atoms with E-state index in [1.165, 1.54) is 19.9 Å². The van der Waals surface area contributed by atoms with E-state index in [2.05, 4.69) is 9.88 Å². The summed E-state index contributed by atoms with van der Waals surface area (Å²) in [6, 6.07) is 3.12. The van der Waals surface area contributed by atoms with Crippen LogP contribution in [0.1, 0.15) is 36.3 Å². The Balaban J connectivity index is 2.06. The molecular weight excluding hydrogens is 383 g/mol. The van der Waals surface area contributed by atoms with Crippen LogP contribution in [0.4, 0.5) is 24.5 Å². The molecule has 10 heteroatoms. The van der Waals surface area contributed by atoms with E-state index in [0.717, 1.165) is 31.4 Å². The van der Waals surface area contributed by atoms with Crippen molar-refractivity contribution in [2.45, 2.75) is 44.2 Å².